The van der Waals surface area contributed by atoms with Gasteiger partial charge in [0.15, 0.2) is 9.84 Å². The summed E-state index contributed by atoms with van der Waals surface area (Å²) >= 11 is 0. The summed E-state index contributed by atoms with van der Waals surface area (Å²) in [6.45, 7) is 4.02. The molecule has 1 aromatic carbocycles. The molecule has 1 aliphatic rings. The van der Waals surface area contributed by atoms with Gasteiger partial charge in [-0.2, -0.15) is 0 Å². The van der Waals surface area contributed by atoms with Crippen LogP contribution in [0, 0.1) is 0 Å². The minimum atomic E-state index is -3.17. The summed E-state index contributed by atoms with van der Waals surface area (Å²) in [6, 6.07) is 8.06. The zero-order valence-electron chi connectivity index (χ0n) is 12.3. The van der Waals surface area contributed by atoms with Gasteiger partial charge >= 0.3 is 0 Å². The maximum Gasteiger partial charge on any atom is 0.155 e. The summed E-state index contributed by atoms with van der Waals surface area (Å²) in [6.07, 6.45) is 0.966. The average Bonchev–Trinajstić information content (AvgIpc) is 3.06. The molecule has 1 fully saturated rings. The van der Waals surface area contributed by atoms with Crippen molar-refractivity contribution in [3.05, 3.63) is 35.4 Å². The van der Waals surface area contributed by atoms with Gasteiger partial charge in [-0.3, -0.25) is 0 Å². The highest BCUT2D eigenvalue weighted by atomic mass is 32.2. The SMILES string of the molecule is CCc1ccc([C@H]2[C@@H](S(=O)(=O)CC)[C@@]2(N)COC)cc1. The second kappa shape index (κ2) is 5.47. The smallest absolute Gasteiger partial charge is 0.155 e. The lowest BCUT2D eigenvalue weighted by Crippen LogP contribution is -2.36. The van der Waals surface area contributed by atoms with Gasteiger partial charge in [0.2, 0.25) is 0 Å². The van der Waals surface area contributed by atoms with Crippen molar-refractivity contribution in [2.45, 2.75) is 37.0 Å². The van der Waals surface area contributed by atoms with Crippen LogP contribution in [0.5, 0.6) is 0 Å². The van der Waals surface area contributed by atoms with Gasteiger partial charge in [0.05, 0.1) is 17.4 Å². The highest BCUT2D eigenvalue weighted by molar-refractivity contribution is 7.92. The van der Waals surface area contributed by atoms with Crippen molar-refractivity contribution in [3.8, 4) is 0 Å². The van der Waals surface area contributed by atoms with E-state index < -0.39 is 20.6 Å². The van der Waals surface area contributed by atoms with E-state index >= 15 is 0 Å². The second-order valence-corrected chi connectivity index (χ2v) is 7.90. The predicted molar refractivity (Wildman–Crippen MR) is 80.6 cm³/mol. The molecule has 0 spiro atoms. The van der Waals surface area contributed by atoms with Crippen molar-refractivity contribution in [3.63, 3.8) is 0 Å². The lowest BCUT2D eigenvalue weighted by Gasteiger charge is -2.10. The van der Waals surface area contributed by atoms with Crippen molar-refractivity contribution in [2.75, 3.05) is 19.5 Å². The highest BCUT2D eigenvalue weighted by Crippen LogP contribution is 2.54. The van der Waals surface area contributed by atoms with E-state index in [1.54, 1.807) is 14.0 Å². The quantitative estimate of drug-likeness (QED) is 0.864. The van der Waals surface area contributed by atoms with Crippen molar-refractivity contribution in [1.29, 1.82) is 0 Å². The van der Waals surface area contributed by atoms with Gasteiger partial charge in [0.1, 0.15) is 0 Å². The fourth-order valence-corrected chi connectivity index (χ4v) is 5.00. The Labute approximate surface area is 121 Å². The Morgan fingerprint density at radius 3 is 2.30 bits per heavy atom. The normalized spacial score (nSPS) is 29.4. The van der Waals surface area contributed by atoms with E-state index in [1.165, 1.54) is 5.56 Å². The molecule has 1 saturated carbocycles. The Morgan fingerprint density at radius 1 is 1.25 bits per heavy atom. The summed E-state index contributed by atoms with van der Waals surface area (Å²) < 4.78 is 29.6. The molecule has 0 unspecified atom stereocenters. The molecule has 0 bridgehead atoms. The van der Waals surface area contributed by atoms with E-state index in [1.807, 2.05) is 24.3 Å². The first-order chi connectivity index (χ1) is 9.40. The molecule has 0 aliphatic heterocycles. The lowest BCUT2D eigenvalue weighted by molar-refractivity contribution is 0.171. The van der Waals surface area contributed by atoms with E-state index in [0.29, 0.717) is 0 Å². The van der Waals surface area contributed by atoms with E-state index in [2.05, 4.69) is 6.92 Å². The van der Waals surface area contributed by atoms with Gasteiger partial charge in [-0.15, -0.1) is 0 Å². The van der Waals surface area contributed by atoms with Crippen molar-refractivity contribution in [2.24, 2.45) is 5.73 Å². The van der Waals surface area contributed by atoms with Gasteiger partial charge in [-0.05, 0) is 17.5 Å². The minimum absolute atomic E-state index is 0.115. The van der Waals surface area contributed by atoms with E-state index in [0.717, 1.165) is 12.0 Å². The zero-order chi connectivity index (χ0) is 15.0. The van der Waals surface area contributed by atoms with Crippen LogP contribution in [0.3, 0.4) is 0 Å². The van der Waals surface area contributed by atoms with Crippen LogP contribution < -0.4 is 5.73 Å². The molecule has 3 atom stereocenters. The molecule has 1 aromatic rings. The number of hydrogen-bond acceptors (Lipinski definition) is 4. The van der Waals surface area contributed by atoms with Gasteiger partial charge in [-0.1, -0.05) is 38.1 Å². The average molecular weight is 297 g/mol. The topological polar surface area (TPSA) is 69.4 Å². The Morgan fingerprint density at radius 2 is 1.85 bits per heavy atom. The molecule has 5 heteroatoms. The number of hydrogen-bond donors (Lipinski definition) is 1. The standard InChI is InChI=1S/C15H23NO3S/c1-4-11-6-8-12(9-7-11)13-14(20(17,18)5-2)15(13,16)10-19-3/h6-9,13-14H,4-5,10,16H2,1-3H3/t13-,14+,15+/m0/s1. The lowest BCUT2D eigenvalue weighted by atomic mass is 10.0. The summed E-state index contributed by atoms with van der Waals surface area (Å²) in [5, 5.41) is -0.535. The Bertz CT molecular complexity index is 567. The van der Waals surface area contributed by atoms with Crippen LogP contribution in [-0.2, 0) is 21.0 Å². The van der Waals surface area contributed by atoms with Crippen molar-refractivity contribution >= 4 is 9.84 Å². The summed E-state index contributed by atoms with van der Waals surface area (Å²) in [5.74, 6) is -0.0533. The van der Waals surface area contributed by atoms with Gasteiger partial charge in [0, 0.05) is 18.8 Å². The summed E-state index contributed by atoms with van der Waals surface area (Å²) in [7, 11) is -1.62. The maximum atomic E-state index is 12.2. The number of nitrogens with two attached hydrogens (primary N) is 1. The van der Waals surface area contributed by atoms with Crippen molar-refractivity contribution in [1.82, 2.24) is 0 Å². The molecular weight excluding hydrogens is 274 g/mol. The molecule has 0 radical (unpaired) electrons. The predicted octanol–water partition coefficient (Wildman–Crippen LogP) is 1.49. The summed E-state index contributed by atoms with van der Waals surface area (Å²) in [5.41, 5.74) is 7.74. The third kappa shape index (κ3) is 2.50. The fourth-order valence-electron chi connectivity index (χ4n) is 3.01. The van der Waals surface area contributed by atoms with Gasteiger partial charge < -0.3 is 10.5 Å². The molecule has 0 aromatic heterocycles. The van der Waals surface area contributed by atoms with Crippen LogP contribution in [-0.4, -0.2) is 38.7 Å². The van der Waals surface area contributed by atoms with Crippen LogP contribution in [0.4, 0.5) is 0 Å². The van der Waals surface area contributed by atoms with Gasteiger partial charge in [-0.25, -0.2) is 8.42 Å². The van der Waals surface area contributed by atoms with Crippen LogP contribution in [0.2, 0.25) is 0 Å². The Kier molecular flexibility index (Phi) is 4.23. The van der Waals surface area contributed by atoms with E-state index in [9.17, 15) is 8.42 Å². The number of benzene rings is 1. The van der Waals surface area contributed by atoms with Crippen LogP contribution in [0.15, 0.2) is 24.3 Å². The van der Waals surface area contributed by atoms with Crippen molar-refractivity contribution < 1.29 is 13.2 Å². The van der Waals surface area contributed by atoms with E-state index in [4.69, 9.17) is 10.5 Å². The van der Waals surface area contributed by atoms with Crippen LogP contribution in [0.1, 0.15) is 30.9 Å². The first kappa shape index (κ1) is 15.5. The highest BCUT2D eigenvalue weighted by Gasteiger charge is 2.68. The first-order valence-corrected chi connectivity index (χ1v) is 8.70. The minimum Gasteiger partial charge on any atom is -0.383 e. The zero-order valence-corrected chi connectivity index (χ0v) is 13.1. The fraction of sp³-hybridized carbons (Fsp3) is 0.600. The molecule has 0 amide bonds. The summed E-state index contributed by atoms with van der Waals surface area (Å²) in [4.78, 5) is 0. The molecule has 0 saturated heterocycles. The van der Waals surface area contributed by atoms with E-state index in [-0.39, 0.29) is 18.3 Å². The van der Waals surface area contributed by atoms with Gasteiger partial charge in [0.25, 0.3) is 0 Å². The molecule has 2 rings (SSSR count). The third-order valence-corrected chi connectivity index (χ3v) is 6.52. The molecular formula is C15H23NO3S. The monoisotopic (exact) mass is 297 g/mol. The number of methoxy groups -OCH3 is 1. The molecule has 4 nitrogen and oxygen atoms in total. The Balaban J connectivity index is 2.33. The molecule has 1 aliphatic carbocycles. The largest absolute Gasteiger partial charge is 0.383 e. The number of rotatable bonds is 6. The molecule has 20 heavy (non-hydrogen) atoms. The number of ether oxygens (including phenoxy) is 1. The molecule has 112 valence electrons. The third-order valence-electron chi connectivity index (χ3n) is 4.23. The van der Waals surface area contributed by atoms with Crippen LogP contribution in [0.25, 0.3) is 0 Å². The second-order valence-electron chi connectivity index (χ2n) is 5.49. The maximum absolute atomic E-state index is 12.2. The Hall–Kier alpha value is -0.910. The number of aryl methyl sites for hydroxylation is 1. The van der Waals surface area contributed by atoms with Crippen LogP contribution >= 0.6 is 0 Å². The molecule has 2 N–H and O–H groups in total. The molecule has 0 heterocycles. The first-order valence-electron chi connectivity index (χ1n) is 6.99. The number of sulfone groups is 1.